The number of nitrogens with zero attached hydrogens (tertiary/aromatic N) is 2. The number of carbonyl (C=O) groups is 3. The van der Waals surface area contributed by atoms with Crippen molar-refractivity contribution >= 4 is 17.7 Å². The molecule has 6 aliphatic rings. The summed E-state index contributed by atoms with van der Waals surface area (Å²) in [5, 5.41) is 22.8. The largest absolute Gasteiger partial charge is 0.461 e. The number of aliphatic hydroxyl groups is 2. The summed E-state index contributed by atoms with van der Waals surface area (Å²) in [5.74, 6) is -2.80. The molecule has 2 N–H and O–H groups in total. The average Bonchev–Trinajstić information content (AvgIpc) is 3.42. The second-order valence-corrected chi connectivity index (χ2v) is 14.8. The average molecular weight is 585 g/mol. The van der Waals surface area contributed by atoms with E-state index in [0.29, 0.717) is 38.8 Å². The number of ether oxygens (including phenoxy) is 2. The molecule has 0 amide bonds. The van der Waals surface area contributed by atoms with Crippen LogP contribution < -0.4 is 0 Å². The molecule has 4 saturated carbocycles. The van der Waals surface area contributed by atoms with E-state index in [0.717, 1.165) is 24.0 Å². The minimum absolute atomic E-state index is 0.0351. The summed E-state index contributed by atoms with van der Waals surface area (Å²) < 4.78 is 12.5. The number of Topliss-reactive ketones (excluding diaryl/α,β-unsaturated/α-hetero) is 1. The number of esters is 2. The van der Waals surface area contributed by atoms with Gasteiger partial charge in [-0.3, -0.25) is 14.4 Å². The zero-order chi connectivity index (χ0) is 30.3. The molecular weight excluding hydrogens is 536 g/mol. The molecule has 2 aliphatic heterocycles. The van der Waals surface area contributed by atoms with Crippen LogP contribution in [-0.4, -0.2) is 103 Å². The van der Waals surface area contributed by atoms with Gasteiger partial charge in [0.1, 0.15) is 18.0 Å². The predicted octanol–water partition coefficient (Wildman–Crippen LogP) is 2.07. The van der Waals surface area contributed by atoms with Gasteiger partial charge in [0.25, 0.3) is 0 Å². The van der Waals surface area contributed by atoms with Gasteiger partial charge in [0.2, 0.25) is 0 Å². The van der Waals surface area contributed by atoms with Gasteiger partial charge in [0.15, 0.2) is 0 Å². The SMILES string of the molecule is C=C1CC[C@H]2C(CN(C)C)C(=O)O[C@@H]2[C@@H]2[C@H]1CC(=O)[C@]21CC[C@@](O)(CO)[C@@H]2[C@H]3OC(=O)C(CN(C)C)[C@@H]3CCC(=C)[C@@H]21. The molecule has 6 rings (SSSR count). The van der Waals surface area contributed by atoms with E-state index in [-0.39, 0.29) is 59.7 Å². The lowest BCUT2D eigenvalue weighted by atomic mass is 9.48. The molecule has 12 atom stereocenters. The Morgan fingerprint density at radius 1 is 0.833 bits per heavy atom. The molecule has 0 aromatic rings. The van der Waals surface area contributed by atoms with Crippen LogP contribution in [0.3, 0.4) is 0 Å². The van der Waals surface area contributed by atoms with Gasteiger partial charge in [-0.1, -0.05) is 24.3 Å². The third kappa shape index (κ3) is 4.28. The third-order valence-electron chi connectivity index (χ3n) is 12.1. The van der Waals surface area contributed by atoms with Crippen molar-refractivity contribution in [2.45, 2.75) is 62.8 Å². The highest BCUT2D eigenvalue weighted by Gasteiger charge is 2.72. The highest BCUT2D eigenvalue weighted by atomic mass is 16.6. The first-order valence-corrected chi connectivity index (χ1v) is 15.8. The Bertz CT molecular complexity index is 1180. The fraction of sp³-hybridized carbons (Fsp3) is 0.788. The number of carbonyl (C=O) groups excluding carboxylic acids is 3. The normalized spacial score (nSPS) is 46.7. The molecule has 2 unspecified atom stereocenters. The summed E-state index contributed by atoms with van der Waals surface area (Å²) >= 11 is 0. The second-order valence-electron chi connectivity index (χ2n) is 14.8. The fourth-order valence-corrected chi connectivity index (χ4v) is 10.4. The van der Waals surface area contributed by atoms with Crippen LogP contribution in [0.1, 0.15) is 44.9 Å². The minimum Gasteiger partial charge on any atom is -0.461 e. The van der Waals surface area contributed by atoms with Crippen molar-refractivity contribution in [1.82, 2.24) is 9.80 Å². The van der Waals surface area contributed by atoms with Crippen LogP contribution in [0.4, 0.5) is 0 Å². The highest BCUT2D eigenvalue weighted by Crippen LogP contribution is 2.68. The van der Waals surface area contributed by atoms with Crippen molar-refractivity contribution < 1.29 is 34.1 Å². The van der Waals surface area contributed by atoms with E-state index >= 15 is 0 Å². The Labute approximate surface area is 249 Å². The zero-order valence-electron chi connectivity index (χ0n) is 25.6. The number of hydrogen-bond donors (Lipinski definition) is 2. The molecule has 42 heavy (non-hydrogen) atoms. The van der Waals surface area contributed by atoms with Crippen LogP contribution in [-0.2, 0) is 23.9 Å². The quantitative estimate of drug-likeness (QED) is 0.370. The van der Waals surface area contributed by atoms with E-state index in [1.54, 1.807) is 0 Å². The van der Waals surface area contributed by atoms with E-state index in [4.69, 9.17) is 9.47 Å². The van der Waals surface area contributed by atoms with Gasteiger partial charge in [-0.15, -0.1) is 0 Å². The van der Waals surface area contributed by atoms with Gasteiger partial charge >= 0.3 is 11.9 Å². The molecule has 4 aliphatic carbocycles. The first-order chi connectivity index (χ1) is 19.8. The second kappa shape index (κ2) is 10.5. The summed E-state index contributed by atoms with van der Waals surface area (Å²) in [4.78, 5) is 45.2. The molecule has 9 nitrogen and oxygen atoms in total. The van der Waals surface area contributed by atoms with E-state index in [9.17, 15) is 24.6 Å². The number of aliphatic hydroxyl groups excluding tert-OH is 1. The fourth-order valence-electron chi connectivity index (χ4n) is 10.4. The molecule has 1 spiro atoms. The van der Waals surface area contributed by atoms with Gasteiger partial charge in [-0.05, 0) is 72.6 Å². The molecule has 2 saturated heterocycles. The van der Waals surface area contributed by atoms with Crippen molar-refractivity contribution in [2.24, 2.45) is 52.8 Å². The number of fused-ring (bicyclic) bond motifs is 8. The molecule has 0 bridgehead atoms. The minimum atomic E-state index is -1.53. The van der Waals surface area contributed by atoms with Crippen LogP contribution in [0.25, 0.3) is 0 Å². The topological polar surface area (TPSA) is 117 Å². The Hall–Kier alpha value is -2.07. The van der Waals surface area contributed by atoms with Gasteiger partial charge in [0.05, 0.1) is 24.0 Å². The maximum atomic E-state index is 14.6. The molecule has 9 heteroatoms. The standard InChI is InChI=1S/C33H48N2O7/c1-17-7-9-19-22(14-34(3)4)30(38)41-28(19)26-21(17)13-24(37)33(26)12-11-32(40,16-36)27-25(33)18(2)8-10-20-23(15-35(5)6)31(39)42-29(20)27/h19-23,25-29,36,40H,1-2,7-16H2,3-6H3/t19-,20-,21-,22?,23?,25-,26-,27-,28-,29-,32+,33-/m0/s1. The Morgan fingerprint density at radius 2 is 1.36 bits per heavy atom. The van der Waals surface area contributed by atoms with Crippen molar-refractivity contribution in [2.75, 3.05) is 47.9 Å². The Kier molecular flexibility index (Phi) is 7.52. The van der Waals surface area contributed by atoms with E-state index in [2.05, 4.69) is 13.2 Å². The van der Waals surface area contributed by atoms with Crippen molar-refractivity contribution in [3.63, 3.8) is 0 Å². The maximum absolute atomic E-state index is 14.6. The van der Waals surface area contributed by atoms with Crippen molar-refractivity contribution in [1.29, 1.82) is 0 Å². The lowest BCUT2D eigenvalue weighted by molar-refractivity contribution is -0.196. The first-order valence-electron chi connectivity index (χ1n) is 15.8. The molecule has 232 valence electrons. The summed E-state index contributed by atoms with van der Waals surface area (Å²) in [6.07, 6.45) is 2.63. The molecule has 0 aromatic heterocycles. The van der Waals surface area contributed by atoms with Crippen LogP contribution >= 0.6 is 0 Å². The smallest absolute Gasteiger partial charge is 0.310 e. The van der Waals surface area contributed by atoms with Crippen LogP contribution in [0.2, 0.25) is 0 Å². The van der Waals surface area contributed by atoms with Crippen LogP contribution in [0.5, 0.6) is 0 Å². The highest BCUT2D eigenvalue weighted by molar-refractivity contribution is 5.90. The van der Waals surface area contributed by atoms with Gasteiger partial charge in [-0.25, -0.2) is 0 Å². The molecule has 2 heterocycles. The third-order valence-corrected chi connectivity index (χ3v) is 12.1. The Balaban J connectivity index is 1.48. The Morgan fingerprint density at radius 3 is 1.88 bits per heavy atom. The summed E-state index contributed by atoms with van der Waals surface area (Å²) in [6, 6.07) is 0. The first kappa shape index (κ1) is 30.0. The number of rotatable bonds is 5. The molecule has 6 fully saturated rings. The van der Waals surface area contributed by atoms with Crippen LogP contribution in [0, 0.1) is 52.8 Å². The van der Waals surface area contributed by atoms with Crippen molar-refractivity contribution in [3.8, 4) is 0 Å². The van der Waals surface area contributed by atoms with Crippen molar-refractivity contribution in [3.05, 3.63) is 24.3 Å². The number of ketones is 1. The lowest BCUT2D eigenvalue weighted by Crippen LogP contribution is -2.63. The number of hydrogen-bond acceptors (Lipinski definition) is 9. The van der Waals surface area contributed by atoms with Gasteiger partial charge in [0, 0.05) is 54.5 Å². The van der Waals surface area contributed by atoms with Gasteiger partial charge < -0.3 is 29.5 Å². The number of allylic oxidation sites excluding steroid dienone is 2. The van der Waals surface area contributed by atoms with E-state index in [1.165, 1.54) is 0 Å². The summed E-state index contributed by atoms with van der Waals surface area (Å²) in [5.41, 5.74) is -0.568. The molecule has 0 radical (unpaired) electrons. The predicted molar refractivity (Wildman–Crippen MR) is 155 cm³/mol. The summed E-state index contributed by atoms with van der Waals surface area (Å²) in [6.45, 7) is 9.63. The van der Waals surface area contributed by atoms with E-state index < -0.39 is 41.7 Å². The molecule has 0 aromatic carbocycles. The monoisotopic (exact) mass is 584 g/mol. The zero-order valence-corrected chi connectivity index (χ0v) is 25.6. The van der Waals surface area contributed by atoms with Gasteiger partial charge in [-0.2, -0.15) is 0 Å². The summed E-state index contributed by atoms with van der Waals surface area (Å²) in [7, 11) is 7.77. The maximum Gasteiger partial charge on any atom is 0.310 e. The lowest BCUT2D eigenvalue weighted by Gasteiger charge is -2.57. The van der Waals surface area contributed by atoms with E-state index in [1.807, 2.05) is 38.0 Å². The molecular formula is C33H48N2O7. The van der Waals surface area contributed by atoms with Crippen LogP contribution in [0.15, 0.2) is 24.3 Å².